The lowest BCUT2D eigenvalue weighted by Crippen LogP contribution is -1.87. The molecule has 0 aromatic carbocycles. The van der Waals surface area contributed by atoms with Gasteiger partial charge in [0, 0.05) is 10.7 Å². The van der Waals surface area contributed by atoms with E-state index in [4.69, 9.17) is 5.41 Å². The third-order valence-electron chi connectivity index (χ3n) is 2.41. The van der Waals surface area contributed by atoms with Crippen molar-refractivity contribution < 1.29 is 0 Å². The molecule has 0 aromatic heterocycles. The highest BCUT2D eigenvalue weighted by molar-refractivity contribution is 9.11. The Labute approximate surface area is 119 Å². The second-order valence-electron chi connectivity index (χ2n) is 4.23. The Morgan fingerprint density at radius 1 is 1.17 bits per heavy atom. The van der Waals surface area contributed by atoms with E-state index in [9.17, 15) is 0 Å². The van der Waals surface area contributed by atoms with Gasteiger partial charge in [-0.2, -0.15) is 0 Å². The largest absolute Gasteiger partial charge is 0.308 e. The van der Waals surface area contributed by atoms with Crippen molar-refractivity contribution in [3.05, 3.63) is 58.2 Å². The van der Waals surface area contributed by atoms with E-state index in [-0.39, 0.29) is 0 Å². The van der Waals surface area contributed by atoms with Gasteiger partial charge in [0.05, 0.1) is 0 Å². The second-order valence-corrected chi connectivity index (χ2v) is 5.14. The Bertz CT molecular complexity index is 405. The molecule has 1 N–H and O–H groups in total. The minimum atomic E-state index is 0.876. The van der Waals surface area contributed by atoms with Crippen molar-refractivity contribution in [2.45, 2.75) is 33.6 Å². The second kappa shape index (κ2) is 9.84. The topological polar surface area (TPSA) is 23.9 Å². The predicted molar refractivity (Wildman–Crippen MR) is 86.5 cm³/mol. The maximum absolute atomic E-state index is 7.40. The van der Waals surface area contributed by atoms with E-state index in [2.05, 4.69) is 48.5 Å². The van der Waals surface area contributed by atoms with Gasteiger partial charge in [0.2, 0.25) is 0 Å². The maximum Gasteiger partial charge on any atom is 0.0209 e. The summed E-state index contributed by atoms with van der Waals surface area (Å²) in [5.74, 6) is 0. The lowest BCUT2D eigenvalue weighted by Gasteiger charge is -2.03. The highest BCUT2D eigenvalue weighted by Crippen LogP contribution is 2.17. The van der Waals surface area contributed by atoms with Crippen LogP contribution in [0.1, 0.15) is 33.6 Å². The van der Waals surface area contributed by atoms with E-state index in [1.165, 1.54) is 17.4 Å². The normalized spacial score (nSPS) is 13.2. The Morgan fingerprint density at radius 3 is 2.22 bits per heavy atom. The van der Waals surface area contributed by atoms with E-state index < -0.39 is 0 Å². The van der Waals surface area contributed by atoms with Gasteiger partial charge in [-0.25, -0.2) is 0 Å². The molecule has 0 unspecified atom stereocenters. The lowest BCUT2D eigenvalue weighted by molar-refractivity contribution is 0.980. The van der Waals surface area contributed by atoms with Crippen molar-refractivity contribution in [1.29, 1.82) is 5.41 Å². The van der Waals surface area contributed by atoms with Crippen molar-refractivity contribution in [3.63, 3.8) is 0 Å². The molecule has 0 radical (unpaired) electrons. The van der Waals surface area contributed by atoms with Gasteiger partial charge >= 0.3 is 0 Å². The summed E-state index contributed by atoms with van der Waals surface area (Å²) in [5.41, 5.74) is 3.53. The fourth-order valence-electron chi connectivity index (χ4n) is 1.30. The van der Waals surface area contributed by atoms with E-state index in [0.717, 1.165) is 22.9 Å². The molecule has 0 aliphatic heterocycles. The molecule has 18 heavy (non-hydrogen) atoms. The van der Waals surface area contributed by atoms with Crippen molar-refractivity contribution >= 4 is 22.1 Å². The van der Waals surface area contributed by atoms with Crippen LogP contribution in [0.2, 0.25) is 0 Å². The Morgan fingerprint density at radius 2 is 1.78 bits per heavy atom. The van der Waals surface area contributed by atoms with Gasteiger partial charge in [-0.05, 0) is 45.3 Å². The number of hydrogen-bond donors (Lipinski definition) is 1. The first-order chi connectivity index (χ1) is 8.53. The van der Waals surface area contributed by atoms with Gasteiger partial charge in [0.1, 0.15) is 0 Å². The molecule has 2 heteroatoms. The molecule has 0 saturated carbocycles. The van der Waals surface area contributed by atoms with Gasteiger partial charge in [-0.1, -0.05) is 58.0 Å². The summed E-state index contributed by atoms with van der Waals surface area (Å²) in [6.45, 7) is 9.85. The van der Waals surface area contributed by atoms with Crippen LogP contribution in [0, 0.1) is 5.41 Å². The number of nitrogens with one attached hydrogen (secondary N) is 1. The quantitative estimate of drug-likeness (QED) is 0.459. The molecule has 0 amide bonds. The van der Waals surface area contributed by atoms with Gasteiger partial charge in [-0.3, -0.25) is 0 Å². The number of hydrogen-bond acceptors (Lipinski definition) is 1. The van der Waals surface area contributed by atoms with Crippen LogP contribution < -0.4 is 0 Å². The number of halogens is 1. The highest BCUT2D eigenvalue weighted by atomic mass is 79.9. The molecule has 0 aliphatic carbocycles. The lowest BCUT2D eigenvalue weighted by atomic mass is 10.0. The molecule has 0 rings (SSSR count). The third kappa shape index (κ3) is 8.02. The van der Waals surface area contributed by atoms with E-state index in [1.807, 2.05) is 19.1 Å². The predicted octanol–water partition coefficient (Wildman–Crippen LogP) is 5.72. The van der Waals surface area contributed by atoms with Gasteiger partial charge < -0.3 is 5.41 Å². The van der Waals surface area contributed by atoms with Gasteiger partial charge in [0.15, 0.2) is 0 Å². The van der Waals surface area contributed by atoms with Crippen molar-refractivity contribution in [1.82, 2.24) is 0 Å². The van der Waals surface area contributed by atoms with Crippen LogP contribution in [0.3, 0.4) is 0 Å². The first kappa shape index (κ1) is 16.9. The first-order valence-electron chi connectivity index (χ1n) is 6.02. The van der Waals surface area contributed by atoms with Crippen LogP contribution >= 0.6 is 15.9 Å². The van der Waals surface area contributed by atoms with Crippen LogP contribution in [0.4, 0.5) is 0 Å². The van der Waals surface area contributed by atoms with Crippen molar-refractivity contribution in [2.24, 2.45) is 0 Å². The molecule has 0 bridgehead atoms. The van der Waals surface area contributed by atoms with E-state index in [0.29, 0.717) is 0 Å². The zero-order valence-electron chi connectivity index (χ0n) is 11.5. The summed E-state index contributed by atoms with van der Waals surface area (Å²) in [5, 5.41) is 7.40. The summed E-state index contributed by atoms with van der Waals surface area (Å²) < 4.78 is 0.986. The molecule has 98 valence electrons. The summed E-state index contributed by atoms with van der Waals surface area (Å²) in [7, 11) is 0. The summed E-state index contributed by atoms with van der Waals surface area (Å²) in [6.07, 6.45) is 13.2. The molecular weight excluding hydrogens is 286 g/mol. The van der Waals surface area contributed by atoms with E-state index >= 15 is 0 Å². The summed E-state index contributed by atoms with van der Waals surface area (Å²) in [4.78, 5) is 0. The van der Waals surface area contributed by atoms with Crippen LogP contribution in [0.25, 0.3) is 0 Å². The third-order valence-corrected chi connectivity index (χ3v) is 2.96. The molecular formula is C16H22BrN. The SMILES string of the molecule is C=C/C(Br)=C\C(=C/C)CC/C(C=N)=C/C=C(C)C. The van der Waals surface area contributed by atoms with Crippen LogP contribution in [0.5, 0.6) is 0 Å². The molecule has 0 aliphatic rings. The maximum atomic E-state index is 7.40. The zero-order chi connectivity index (χ0) is 14.0. The minimum absolute atomic E-state index is 0.876. The van der Waals surface area contributed by atoms with Gasteiger partial charge in [0.25, 0.3) is 0 Å². The molecule has 0 aromatic rings. The molecule has 0 spiro atoms. The first-order valence-corrected chi connectivity index (χ1v) is 6.82. The Balaban J connectivity index is 4.62. The molecule has 1 nitrogen and oxygen atoms in total. The van der Waals surface area contributed by atoms with Crippen molar-refractivity contribution in [2.75, 3.05) is 0 Å². The molecule has 0 saturated heterocycles. The average molecular weight is 308 g/mol. The molecule has 0 atom stereocenters. The average Bonchev–Trinajstić information content (AvgIpc) is 2.36. The van der Waals surface area contributed by atoms with Crippen LogP contribution in [0.15, 0.2) is 58.2 Å². The minimum Gasteiger partial charge on any atom is -0.308 e. The molecule has 0 heterocycles. The van der Waals surface area contributed by atoms with Crippen LogP contribution in [-0.4, -0.2) is 6.21 Å². The van der Waals surface area contributed by atoms with Gasteiger partial charge in [-0.15, -0.1) is 0 Å². The molecule has 0 fully saturated rings. The Hall–Kier alpha value is -1.15. The number of allylic oxidation sites excluding steroid dienone is 9. The summed E-state index contributed by atoms with van der Waals surface area (Å²) in [6, 6.07) is 0. The smallest absolute Gasteiger partial charge is 0.0209 e. The van der Waals surface area contributed by atoms with Crippen molar-refractivity contribution in [3.8, 4) is 0 Å². The Kier molecular flexibility index (Phi) is 9.21. The summed E-state index contributed by atoms with van der Waals surface area (Å²) >= 11 is 3.43. The number of rotatable bonds is 7. The zero-order valence-corrected chi connectivity index (χ0v) is 13.0. The van der Waals surface area contributed by atoms with E-state index in [1.54, 1.807) is 6.08 Å². The highest BCUT2D eigenvalue weighted by Gasteiger charge is 1.97. The fraction of sp³-hybridized carbons (Fsp3) is 0.312. The fourth-order valence-corrected chi connectivity index (χ4v) is 1.60. The monoisotopic (exact) mass is 307 g/mol. The van der Waals surface area contributed by atoms with Crippen LogP contribution in [-0.2, 0) is 0 Å². The standard InChI is InChI=1S/C16H22BrN/c1-5-14(11-16(17)6-2)9-10-15(12-18)8-7-13(3)4/h5-8,11-12,18H,2,9-10H2,1,3-4H3/b14-5-,15-8-,16-11+,18-12?.